The van der Waals surface area contributed by atoms with Crippen LogP contribution >= 0.6 is 0 Å². The molecular formula is C50H95NO5. The van der Waals surface area contributed by atoms with E-state index in [0.29, 0.717) is 19.4 Å². The van der Waals surface area contributed by atoms with E-state index in [1.165, 1.54) is 167 Å². The van der Waals surface area contributed by atoms with Crippen LogP contribution in [0.2, 0.25) is 0 Å². The van der Waals surface area contributed by atoms with Crippen molar-refractivity contribution in [3.8, 4) is 0 Å². The third-order valence-electron chi connectivity index (χ3n) is 11.2. The highest BCUT2D eigenvalue weighted by atomic mass is 16.5. The number of nitrogens with one attached hydrogen (secondary N) is 1. The maximum atomic E-state index is 12.3. The summed E-state index contributed by atoms with van der Waals surface area (Å²) >= 11 is 0. The first kappa shape index (κ1) is 54.3. The fraction of sp³-hybridized carbons (Fsp3) is 0.880. The fourth-order valence-corrected chi connectivity index (χ4v) is 7.39. The van der Waals surface area contributed by atoms with Crippen LogP contribution in [0.4, 0.5) is 0 Å². The molecule has 1 amide bonds. The maximum Gasteiger partial charge on any atom is 0.305 e. The summed E-state index contributed by atoms with van der Waals surface area (Å²) in [6.07, 6.45) is 53.2. The molecule has 0 aliphatic heterocycles. The second-order valence-corrected chi connectivity index (χ2v) is 16.8. The highest BCUT2D eigenvalue weighted by molar-refractivity contribution is 5.76. The summed E-state index contributed by atoms with van der Waals surface area (Å²) in [6, 6.07) is -0.637. The summed E-state index contributed by atoms with van der Waals surface area (Å²) in [6.45, 7) is 4.84. The van der Waals surface area contributed by atoms with Crippen LogP contribution in [0.25, 0.3) is 0 Å². The van der Waals surface area contributed by atoms with E-state index in [-0.39, 0.29) is 18.5 Å². The lowest BCUT2D eigenvalue weighted by Gasteiger charge is -2.20. The Bertz CT molecular complexity index is 874. The summed E-state index contributed by atoms with van der Waals surface area (Å²) in [7, 11) is 0. The highest BCUT2D eigenvalue weighted by Gasteiger charge is 2.18. The third-order valence-corrected chi connectivity index (χ3v) is 11.2. The monoisotopic (exact) mass is 790 g/mol. The first-order valence-corrected chi connectivity index (χ1v) is 24.6. The zero-order valence-corrected chi connectivity index (χ0v) is 37.4. The van der Waals surface area contributed by atoms with Gasteiger partial charge < -0.3 is 20.3 Å². The van der Waals surface area contributed by atoms with Gasteiger partial charge in [-0.3, -0.25) is 9.59 Å². The predicted molar refractivity (Wildman–Crippen MR) is 241 cm³/mol. The van der Waals surface area contributed by atoms with E-state index in [1.807, 2.05) is 6.08 Å². The third kappa shape index (κ3) is 42.0. The molecule has 0 aliphatic carbocycles. The van der Waals surface area contributed by atoms with Gasteiger partial charge in [0.1, 0.15) is 0 Å². The normalized spacial score (nSPS) is 12.9. The van der Waals surface area contributed by atoms with Crippen LogP contribution in [0.15, 0.2) is 24.3 Å². The van der Waals surface area contributed by atoms with Crippen LogP contribution in [-0.2, 0) is 14.3 Å². The van der Waals surface area contributed by atoms with Crippen LogP contribution in [0.5, 0.6) is 0 Å². The molecule has 0 spiro atoms. The van der Waals surface area contributed by atoms with Crippen molar-refractivity contribution in [3.05, 3.63) is 24.3 Å². The van der Waals surface area contributed by atoms with Crippen molar-refractivity contribution in [2.24, 2.45) is 0 Å². The number of carbonyl (C=O) groups is 2. The predicted octanol–water partition coefficient (Wildman–Crippen LogP) is 14.3. The molecule has 56 heavy (non-hydrogen) atoms. The first-order chi connectivity index (χ1) is 27.5. The fourth-order valence-electron chi connectivity index (χ4n) is 7.39. The number of amides is 1. The number of allylic oxidation sites excluding steroid dienone is 3. The Labute approximate surface area is 348 Å². The summed E-state index contributed by atoms with van der Waals surface area (Å²) < 4.78 is 5.46. The minimum Gasteiger partial charge on any atom is -0.466 e. The molecule has 6 heteroatoms. The minimum absolute atomic E-state index is 0.00245. The van der Waals surface area contributed by atoms with Crippen molar-refractivity contribution in [1.82, 2.24) is 5.32 Å². The average molecular weight is 790 g/mol. The van der Waals surface area contributed by atoms with Crippen LogP contribution in [0.1, 0.15) is 258 Å². The second-order valence-electron chi connectivity index (χ2n) is 16.8. The Balaban J connectivity index is 3.46. The van der Waals surface area contributed by atoms with E-state index in [9.17, 15) is 19.8 Å². The van der Waals surface area contributed by atoms with Crippen molar-refractivity contribution in [1.29, 1.82) is 0 Å². The molecule has 2 atom stereocenters. The van der Waals surface area contributed by atoms with Crippen molar-refractivity contribution in [2.75, 3.05) is 13.2 Å². The van der Waals surface area contributed by atoms with E-state index in [4.69, 9.17) is 4.74 Å². The van der Waals surface area contributed by atoms with Crippen LogP contribution < -0.4 is 5.32 Å². The lowest BCUT2D eigenvalue weighted by atomic mass is 10.0. The number of aliphatic hydroxyl groups is 2. The molecule has 0 aromatic rings. The molecule has 0 bridgehead atoms. The van der Waals surface area contributed by atoms with Gasteiger partial charge in [-0.1, -0.05) is 212 Å². The van der Waals surface area contributed by atoms with Gasteiger partial charge in [0.05, 0.1) is 25.4 Å². The zero-order chi connectivity index (χ0) is 40.8. The quantitative estimate of drug-likeness (QED) is 0.0324. The Morgan fingerprint density at radius 3 is 1.27 bits per heavy atom. The summed E-state index contributed by atoms with van der Waals surface area (Å²) in [4.78, 5) is 24.4. The van der Waals surface area contributed by atoms with E-state index in [1.54, 1.807) is 6.08 Å². The number of hydrogen-bond acceptors (Lipinski definition) is 5. The van der Waals surface area contributed by atoms with Gasteiger partial charge in [-0.15, -0.1) is 0 Å². The van der Waals surface area contributed by atoms with Gasteiger partial charge in [-0.25, -0.2) is 0 Å². The van der Waals surface area contributed by atoms with Gasteiger partial charge in [0.25, 0.3) is 0 Å². The maximum absolute atomic E-state index is 12.3. The summed E-state index contributed by atoms with van der Waals surface area (Å²) in [5, 5.41) is 22.9. The summed E-state index contributed by atoms with van der Waals surface area (Å²) in [5.41, 5.74) is 0. The average Bonchev–Trinajstić information content (AvgIpc) is 3.20. The number of aliphatic hydroxyl groups excluding tert-OH is 2. The molecule has 0 saturated carbocycles. The molecule has 0 rings (SSSR count). The van der Waals surface area contributed by atoms with Crippen molar-refractivity contribution in [3.63, 3.8) is 0 Å². The minimum atomic E-state index is -0.851. The number of carbonyl (C=O) groups excluding carboxylic acids is 2. The molecule has 2 unspecified atom stereocenters. The molecule has 0 heterocycles. The number of esters is 1. The van der Waals surface area contributed by atoms with Crippen molar-refractivity contribution >= 4 is 11.9 Å². The number of unbranched alkanes of at least 4 members (excludes halogenated alkanes) is 32. The van der Waals surface area contributed by atoms with E-state index in [2.05, 4.69) is 31.3 Å². The van der Waals surface area contributed by atoms with E-state index >= 15 is 0 Å². The number of ether oxygens (including phenoxy) is 1. The molecule has 0 aliphatic rings. The lowest BCUT2D eigenvalue weighted by molar-refractivity contribution is -0.143. The Morgan fingerprint density at radius 1 is 0.482 bits per heavy atom. The van der Waals surface area contributed by atoms with E-state index in [0.717, 1.165) is 64.2 Å². The lowest BCUT2D eigenvalue weighted by Crippen LogP contribution is -2.45. The zero-order valence-electron chi connectivity index (χ0n) is 37.4. The van der Waals surface area contributed by atoms with Gasteiger partial charge in [-0.05, 0) is 57.8 Å². The molecule has 3 N–H and O–H groups in total. The van der Waals surface area contributed by atoms with Crippen molar-refractivity contribution in [2.45, 2.75) is 270 Å². The van der Waals surface area contributed by atoms with Gasteiger partial charge in [0.15, 0.2) is 0 Å². The smallest absolute Gasteiger partial charge is 0.305 e. The first-order valence-electron chi connectivity index (χ1n) is 24.6. The summed E-state index contributed by atoms with van der Waals surface area (Å²) in [5.74, 6) is -0.0907. The van der Waals surface area contributed by atoms with E-state index < -0.39 is 12.1 Å². The van der Waals surface area contributed by atoms with Crippen LogP contribution in [-0.4, -0.2) is 47.4 Å². The van der Waals surface area contributed by atoms with Crippen LogP contribution in [0, 0.1) is 0 Å². The Hall–Kier alpha value is -1.66. The van der Waals surface area contributed by atoms with Crippen LogP contribution in [0.3, 0.4) is 0 Å². The largest absolute Gasteiger partial charge is 0.466 e. The van der Waals surface area contributed by atoms with Gasteiger partial charge in [0.2, 0.25) is 5.91 Å². The Kier molecular flexibility index (Phi) is 44.7. The molecule has 6 nitrogen and oxygen atoms in total. The molecule has 0 aromatic heterocycles. The van der Waals surface area contributed by atoms with Gasteiger partial charge in [-0.2, -0.15) is 0 Å². The molecule has 0 fully saturated rings. The topological polar surface area (TPSA) is 95.9 Å². The molecule has 0 radical (unpaired) electrons. The standard InChI is InChI=1S/C50H95NO5/c1-3-5-7-9-11-13-14-15-21-24-28-32-36-40-44-50(55)56-45-41-37-33-29-25-22-19-17-16-18-20-23-27-31-35-39-43-49(54)51-47(46-52)48(53)42-38-34-30-26-12-10-8-6-4-2/h16,18,38,42,47-48,52-53H,3-15,17,19-37,39-41,43-46H2,1-2H3,(H,51,54)/b18-16-,42-38+. The Morgan fingerprint density at radius 2 is 0.839 bits per heavy atom. The van der Waals surface area contributed by atoms with Gasteiger partial charge in [0, 0.05) is 12.8 Å². The second kappa shape index (κ2) is 46.0. The number of hydrogen-bond donors (Lipinski definition) is 3. The number of rotatable bonds is 45. The molecule has 0 saturated heterocycles. The van der Waals surface area contributed by atoms with Crippen molar-refractivity contribution < 1.29 is 24.5 Å². The van der Waals surface area contributed by atoms with Gasteiger partial charge >= 0.3 is 5.97 Å². The highest BCUT2D eigenvalue weighted by Crippen LogP contribution is 2.15. The molecular weight excluding hydrogens is 695 g/mol. The molecule has 0 aromatic carbocycles. The molecule has 330 valence electrons. The SMILES string of the molecule is CCCCCCCCC/C=C/C(O)C(CO)NC(=O)CCCCCCC/C=C\CCCCCCCCCOC(=O)CCCCCCCCCCCCCCCC.